The minimum Gasteiger partial charge on any atom is -0.350 e. The highest BCUT2D eigenvalue weighted by Gasteiger charge is 2.54. The second-order valence-corrected chi connectivity index (χ2v) is 10.3. The minimum absolute atomic E-state index is 0.0676. The Hall–Kier alpha value is -3.06. The average molecular weight is 464 g/mol. The van der Waals surface area contributed by atoms with Gasteiger partial charge in [-0.2, -0.15) is 0 Å². The van der Waals surface area contributed by atoms with Crippen LogP contribution in [0.25, 0.3) is 10.4 Å². The Morgan fingerprint density at radius 1 is 1.15 bits per heavy atom. The van der Waals surface area contributed by atoms with E-state index < -0.39 is 5.82 Å². The molecule has 2 aromatic carbocycles. The van der Waals surface area contributed by atoms with Crippen LogP contribution in [0.3, 0.4) is 0 Å². The van der Waals surface area contributed by atoms with E-state index >= 15 is 0 Å². The molecule has 3 atom stereocenters. The zero-order valence-corrected chi connectivity index (χ0v) is 19.7. The number of aromatic nitrogens is 1. The van der Waals surface area contributed by atoms with Crippen molar-refractivity contribution in [3.8, 4) is 10.4 Å². The van der Waals surface area contributed by atoms with E-state index in [1.165, 1.54) is 23.5 Å². The lowest BCUT2D eigenvalue weighted by atomic mass is 10.1. The molecule has 0 unspecified atom stereocenters. The van der Waals surface area contributed by atoms with Crippen LogP contribution in [0.5, 0.6) is 0 Å². The van der Waals surface area contributed by atoms with Crippen LogP contribution in [0, 0.1) is 32.5 Å². The van der Waals surface area contributed by atoms with Gasteiger partial charge in [0.1, 0.15) is 11.5 Å². The molecule has 33 heavy (non-hydrogen) atoms. The summed E-state index contributed by atoms with van der Waals surface area (Å²) in [5.74, 6) is -0.301. The van der Waals surface area contributed by atoms with Crippen LogP contribution in [-0.4, -0.2) is 40.3 Å². The maximum absolute atomic E-state index is 13.9. The normalized spacial score (nSPS) is 21.1. The van der Waals surface area contributed by atoms with Crippen LogP contribution in [-0.2, 0) is 0 Å². The Morgan fingerprint density at radius 3 is 2.73 bits per heavy atom. The molecule has 1 aliphatic carbocycles. The van der Waals surface area contributed by atoms with Gasteiger partial charge in [-0.05, 0) is 62.8 Å². The second kappa shape index (κ2) is 8.37. The summed E-state index contributed by atoms with van der Waals surface area (Å²) in [4.78, 5) is 33.8. The van der Waals surface area contributed by atoms with Gasteiger partial charge in [0.15, 0.2) is 0 Å². The summed E-state index contributed by atoms with van der Waals surface area (Å²) in [5.41, 5.74) is 3.29. The molecule has 170 valence electrons. The molecule has 1 saturated heterocycles. The van der Waals surface area contributed by atoms with E-state index in [0.29, 0.717) is 29.3 Å². The molecule has 1 aromatic heterocycles. The number of hydrogen-bond acceptors (Lipinski definition) is 4. The van der Waals surface area contributed by atoms with Gasteiger partial charge in [0.25, 0.3) is 11.8 Å². The van der Waals surface area contributed by atoms with Crippen molar-refractivity contribution >= 4 is 23.2 Å². The third-order valence-corrected chi connectivity index (χ3v) is 7.69. The number of benzene rings is 2. The van der Waals surface area contributed by atoms with E-state index in [0.717, 1.165) is 33.9 Å². The smallest absolute Gasteiger partial charge is 0.274 e. The molecule has 2 fully saturated rings. The van der Waals surface area contributed by atoms with Crippen LogP contribution in [0.2, 0.25) is 0 Å². The van der Waals surface area contributed by atoms with E-state index in [4.69, 9.17) is 0 Å². The van der Waals surface area contributed by atoms with Gasteiger partial charge in [0.2, 0.25) is 0 Å². The molecule has 0 radical (unpaired) electrons. The molecule has 7 heteroatoms. The second-order valence-electron chi connectivity index (χ2n) is 9.07. The van der Waals surface area contributed by atoms with E-state index in [-0.39, 0.29) is 23.9 Å². The Balaban J connectivity index is 1.36. The Kier molecular flexibility index (Phi) is 5.52. The average Bonchev–Trinajstić information content (AvgIpc) is 3.27. The van der Waals surface area contributed by atoms with Gasteiger partial charge in [-0.25, -0.2) is 9.37 Å². The molecule has 5 nitrogen and oxygen atoms in total. The van der Waals surface area contributed by atoms with E-state index in [2.05, 4.69) is 16.4 Å². The fourth-order valence-electron chi connectivity index (χ4n) is 4.89. The van der Waals surface area contributed by atoms with Crippen molar-refractivity contribution in [2.75, 3.05) is 6.54 Å². The molecular weight excluding hydrogens is 437 g/mol. The Bertz CT molecular complexity index is 1250. The van der Waals surface area contributed by atoms with Crippen LogP contribution in [0.1, 0.15) is 49.8 Å². The zero-order chi connectivity index (χ0) is 23.3. The number of hydrogen-bond donors (Lipinski definition) is 1. The first-order valence-electron chi connectivity index (χ1n) is 11.2. The number of carbonyl (C=O) groups excluding carboxylic acids is 2. The van der Waals surface area contributed by atoms with Gasteiger partial charge in [-0.1, -0.05) is 35.9 Å². The van der Waals surface area contributed by atoms with Crippen LogP contribution in [0.15, 0.2) is 42.5 Å². The number of aryl methyl sites for hydroxylation is 2. The van der Waals surface area contributed by atoms with Crippen molar-refractivity contribution in [1.29, 1.82) is 0 Å². The lowest BCUT2D eigenvalue weighted by Gasteiger charge is -2.27. The predicted molar refractivity (Wildman–Crippen MR) is 127 cm³/mol. The number of halogens is 1. The topological polar surface area (TPSA) is 62.3 Å². The number of fused-ring (bicyclic) bond motifs is 1. The van der Waals surface area contributed by atoms with Gasteiger partial charge in [0.05, 0.1) is 15.9 Å². The van der Waals surface area contributed by atoms with E-state index in [1.807, 2.05) is 36.9 Å². The van der Waals surface area contributed by atoms with Crippen molar-refractivity contribution in [3.63, 3.8) is 0 Å². The molecule has 1 saturated carbocycles. The molecule has 0 bridgehead atoms. The summed E-state index contributed by atoms with van der Waals surface area (Å²) in [7, 11) is 0. The molecular formula is C26H26FN3O2S. The van der Waals surface area contributed by atoms with Crippen molar-refractivity contribution in [2.45, 2.75) is 45.7 Å². The standard InChI is InChI=1S/C26H26FN3O2S/c1-14-6-4-7-17(10-14)24-23(29-16(3)33-24)26(32)30-19(11-18-12-22(18)30)13-28-25(31)20-8-5-9-21(27)15(20)2/h4-10,18-19,22H,11-13H2,1-3H3,(H,28,31)/t18-,19+,22+/m1/s1. The predicted octanol–water partition coefficient (Wildman–Crippen LogP) is 4.91. The summed E-state index contributed by atoms with van der Waals surface area (Å²) in [5, 5.41) is 3.78. The lowest BCUT2D eigenvalue weighted by Crippen LogP contribution is -2.45. The molecule has 5 rings (SSSR count). The first-order chi connectivity index (χ1) is 15.8. The third-order valence-electron chi connectivity index (χ3n) is 6.67. The molecule has 2 aliphatic rings. The van der Waals surface area contributed by atoms with Crippen molar-refractivity contribution in [3.05, 3.63) is 75.7 Å². The van der Waals surface area contributed by atoms with Gasteiger partial charge in [-0.15, -0.1) is 11.3 Å². The quantitative estimate of drug-likeness (QED) is 0.585. The van der Waals surface area contributed by atoms with Gasteiger partial charge < -0.3 is 10.2 Å². The molecule has 1 N–H and O–H groups in total. The number of rotatable bonds is 5. The molecule has 2 amide bonds. The summed E-state index contributed by atoms with van der Waals surface area (Å²) in [6, 6.07) is 12.7. The van der Waals surface area contributed by atoms with Gasteiger partial charge >= 0.3 is 0 Å². The number of amides is 2. The highest BCUT2D eigenvalue weighted by atomic mass is 32.1. The summed E-state index contributed by atoms with van der Waals surface area (Å²) in [6.07, 6.45) is 1.86. The Morgan fingerprint density at radius 2 is 1.94 bits per heavy atom. The fraction of sp³-hybridized carbons (Fsp3) is 0.346. The molecule has 1 aliphatic heterocycles. The number of piperidine rings is 1. The monoisotopic (exact) mass is 463 g/mol. The largest absolute Gasteiger partial charge is 0.350 e. The summed E-state index contributed by atoms with van der Waals surface area (Å²) < 4.78 is 13.9. The number of nitrogens with one attached hydrogen (secondary N) is 1. The molecule has 0 spiro atoms. The maximum atomic E-state index is 13.9. The van der Waals surface area contributed by atoms with E-state index in [1.54, 1.807) is 13.0 Å². The number of nitrogens with zero attached hydrogens (tertiary/aromatic N) is 2. The first-order valence-corrected chi connectivity index (χ1v) is 12.1. The molecule has 2 heterocycles. The maximum Gasteiger partial charge on any atom is 0.274 e. The SMILES string of the molecule is Cc1cccc(-c2sc(C)nc2C(=O)N2[C@H](CNC(=O)c3cccc(F)c3C)C[C@@H]3C[C@@H]32)c1. The van der Waals surface area contributed by atoms with Gasteiger partial charge in [-0.3, -0.25) is 9.59 Å². The molecule has 3 aromatic rings. The fourth-order valence-corrected chi connectivity index (χ4v) is 5.80. The van der Waals surface area contributed by atoms with Crippen molar-refractivity contribution in [1.82, 2.24) is 15.2 Å². The van der Waals surface area contributed by atoms with Crippen LogP contribution >= 0.6 is 11.3 Å². The zero-order valence-electron chi connectivity index (χ0n) is 18.9. The summed E-state index contributed by atoms with van der Waals surface area (Å²) >= 11 is 1.53. The number of thiazole rings is 1. The van der Waals surface area contributed by atoms with Crippen molar-refractivity contribution in [2.24, 2.45) is 5.92 Å². The van der Waals surface area contributed by atoms with Gasteiger partial charge in [0, 0.05) is 18.2 Å². The number of carbonyl (C=O) groups is 2. The van der Waals surface area contributed by atoms with E-state index in [9.17, 15) is 14.0 Å². The van der Waals surface area contributed by atoms with Crippen LogP contribution < -0.4 is 5.32 Å². The summed E-state index contributed by atoms with van der Waals surface area (Å²) in [6.45, 7) is 5.90. The highest BCUT2D eigenvalue weighted by Crippen LogP contribution is 2.48. The first kappa shape index (κ1) is 21.8. The third kappa shape index (κ3) is 4.06. The highest BCUT2D eigenvalue weighted by molar-refractivity contribution is 7.15. The lowest BCUT2D eigenvalue weighted by molar-refractivity contribution is 0.0684. The number of likely N-dealkylation sites (tertiary alicyclic amines) is 1. The van der Waals surface area contributed by atoms with Crippen molar-refractivity contribution < 1.29 is 14.0 Å². The Labute approximate surface area is 196 Å². The minimum atomic E-state index is -0.399. The van der Waals surface area contributed by atoms with Crippen LogP contribution in [0.4, 0.5) is 4.39 Å².